The van der Waals surface area contributed by atoms with E-state index in [1.165, 1.54) is 44.9 Å². The topological polar surface area (TPSA) is 94.3 Å². The van der Waals surface area contributed by atoms with Gasteiger partial charge in [-0.1, -0.05) is 76.6 Å². The summed E-state index contributed by atoms with van der Waals surface area (Å²) in [7, 11) is 0. The van der Waals surface area contributed by atoms with Gasteiger partial charge in [0.2, 0.25) is 0 Å². The summed E-state index contributed by atoms with van der Waals surface area (Å²) in [5.74, 6) is 1.22. The van der Waals surface area contributed by atoms with E-state index in [9.17, 15) is 4.79 Å². The normalized spacial score (nSPS) is 18.1. The van der Waals surface area contributed by atoms with Crippen molar-refractivity contribution in [3.63, 3.8) is 0 Å². The van der Waals surface area contributed by atoms with Gasteiger partial charge in [0.25, 0.3) is 0 Å². The molecule has 8 nitrogen and oxygen atoms in total. The van der Waals surface area contributed by atoms with Crippen LogP contribution in [0.2, 0.25) is 0 Å². The van der Waals surface area contributed by atoms with Crippen LogP contribution in [0.4, 0.5) is 0 Å². The summed E-state index contributed by atoms with van der Waals surface area (Å²) in [6.07, 6.45) is 18.8. The fourth-order valence-electron chi connectivity index (χ4n) is 6.22. The third-order valence-corrected chi connectivity index (χ3v) is 8.31. The largest absolute Gasteiger partial charge is 0.328 e. The van der Waals surface area contributed by atoms with Gasteiger partial charge < -0.3 is 0 Å². The number of unbranched alkanes of at least 4 members (excludes halogenated alkanes) is 1. The van der Waals surface area contributed by atoms with Crippen molar-refractivity contribution in [3.05, 3.63) is 70.7 Å². The Balaban J connectivity index is 1.49. The van der Waals surface area contributed by atoms with Gasteiger partial charge >= 0.3 is 5.69 Å². The number of hydrogen-bond donors (Lipinski definition) is 1. The zero-order chi connectivity index (χ0) is 27.0. The molecule has 0 bridgehead atoms. The monoisotopic (exact) mass is 527 g/mol. The average Bonchev–Trinajstić information content (AvgIpc) is 3.59. The number of tetrazole rings is 1. The molecule has 1 saturated carbocycles. The summed E-state index contributed by atoms with van der Waals surface area (Å²) in [5.41, 5.74) is 5.41. The van der Waals surface area contributed by atoms with E-state index in [2.05, 4.69) is 62.4 Å². The summed E-state index contributed by atoms with van der Waals surface area (Å²) in [6.45, 7) is 5.01. The van der Waals surface area contributed by atoms with Gasteiger partial charge in [0.05, 0.1) is 6.54 Å². The molecule has 206 valence electrons. The Kier molecular flexibility index (Phi) is 9.01. The molecule has 39 heavy (non-hydrogen) atoms. The highest BCUT2D eigenvalue weighted by Crippen LogP contribution is 2.34. The lowest BCUT2D eigenvalue weighted by atomic mass is 9.84. The fourth-order valence-corrected chi connectivity index (χ4v) is 6.22. The molecule has 1 aliphatic rings. The first-order valence-corrected chi connectivity index (χ1v) is 14.8. The third kappa shape index (κ3) is 6.21. The predicted molar refractivity (Wildman–Crippen MR) is 154 cm³/mol. The highest BCUT2D eigenvalue weighted by molar-refractivity contribution is 5.69. The molecule has 1 aliphatic carbocycles. The maximum absolute atomic E-state index is 14.1. The molecule has 0 aliphatic heterocycles. The lowest BCUT2D eigenvalue weighted by Gasteiger charge is -2.29. The van der Waals surface area contributed by atoms with Crippen molar-refractivity contribution in [1.82, 2.24) is 34.7 Å². The van der Waals surface area contributed by atoms with E-state index < -0.39 is 0 Å². The number of aromatic amines is 1. The Morgan fingerprint density at radius 1 is 0.974 bits per heavy atom. The summed E-state index contributed by atoms with van der Waals surface area (Å²) < 4.78 is 4.14. The molecule has 2 unspecified atom stereocenters. The Hall–Kier alpha value is -3.55. The number of aryl methyl sites for hydroxylation is 1. The number of nitrogens with zero attached hydrogens (tertiary/aromatic N) is 6. The Morgan fingerprint density at radius 3 is 2.51 bits per heavy atom. The second kappa shape index (κ2) is 13.0. The van der Waals surface area contributed by atoms with Crippen LogP contribution in [0.15, 0.2) is 53.7 Å². The van der Waals surface area contributed by atoms with Crippen LogP contribution in [0.1, 0.15) is 95.4 Å². The lowest BCUT2D eigenvalue weighted by molar-refractivity contribution is 0.241. The first-order chi connectivity index (χ1) is 19.2. The molecule has 3 heterocycles. The van der Waals surface area contributed by atoms with Crippen LogP contribution < -0.4 is 5.69 Å². The first-order valence-electron chi connectivity index (χ1n) is 14.8. The van der Waals surface area contributed by atoms with Gasteiger partial charge in [0, 0.05) is 35.9 Å². The summed E-state index contributed by atoms with van der Waals surface area (Å²) in [5, 5.41) is 14.2. The van der Waals surface area contributed by atoms with E-state index in [1.54, 1.807) is 0 Å². The number of rotatable bonds is 10. The second-order valence-electron chi connectivity index (χ2n) is 11.0. The fraction of sp³-hybridized carbons (Fsp3) is 0.516. The highest BCUT2D eigenvalue weighted by Gasteiger charge is 2.27. The minimum atomic E-state index is 0.135. The molecular formula is C31H41N7O. The van der Waals surface area contributed by atoms with Gasteiger partial charge in [-0.3, -0.25) is 14.1 Å². The van der Waals surface area contributed by atoms with E-state index in [-0.39, 0.29) is 5.69 Å². The van der Waals surface area contributed by atoms with Gasteiger partial charge in [0.1, 0.15) is 0 Å². The van der Waals surface area contributed by atoms with Crippen LogP contribution in [0.3, 0.4) is 0 Å². The number of hydrogen-bond acceptors (Lipinski definition) is 5. The van der Waals surface area contributed by atoms with E-state index in [0.29, 0.717) is 24.3 Å². The van der Waals surface area contributed by atoms with Gasteiger partial charge in [0.15, 0.2) is 5.82 Å². The van der Waals surface area contributed by atoms with Crippen molar-refractivity contribution >= 4 is 0 Å². The second-order valence-corrected chi connectivity index (χ2v) is 11.0. The number of nitrogens with one attached hydrogen (secondary N) is 1. The summed E-state index contributed by atoms with van der Waals surface area (Å²) in [6, 6.07) is 10.5. The number of pyridine rings is 1. The molecule has 2 atom stereocenters. The highest BCUT2D eigenvalue weighted by atomic mass is 16.1. The average molecular weight is 528 g/mol. The molecule has 4 aromatic rings. The minimum absolute atomic E-state index is 0.135. The van der Waals surface area contributed by atoms with Crippen LogP contribution >= 0.6 is 0 Å². The SMILES string of the molecule is CCCCc1cn(C2CCCCCCC2CCC)c(=O)n1Cc1cnccc1-c1ccc(-c2nnn[nH]2)cc1. The lowest BCUT2D eigenvalue weighted by Crippen LogP contribution is -2.32. The van der Waals surface area contributed by atoms with E-state index >= 15 is 0 Å². The molecule has 0 amide bonds. The summed E-state index contributed by atoms with van der Waals surface area (Å²) >= 11 is 0. The van der Waals surface area contributed by atoms with E-state index in [0.717, 1.165) is 53.6 Å². The quantitative estimate of drug-likeness (QED) is 0.251. The Labute approximate surface area is 230 Å². The van der Waals surface area contributed by atoms with Gasteiger partial charge in [-0.2, -0.15) is 0 Å². The molecule has 0 radical (unpaired) electrons. The van der Waals surface area contributed by atoms with Crippen LogP contribution in [0.25, 0.3) is 22.5 Å². The molecule has 1 aromatic carbocycles. The molecule has 5 rings (SSSR count). The van der Waals surface area contributed by atoms with Crippen LogP contribution in [-0.4, -0.2) is 34.7 Å². The standard InChI is InChI=1S/C31H41N7O/c1-3-5-12-27-22-38(29-13-9-7-6-8-11-24(29)10-4-2)31(39)37(27)21-26-20-32-19-18-28(26)23-14-16-25(17-15-23)30-33-35-36-34-30/h14-20,22,24,29H,3-13,21H2,1-2H3,(H,33,34,35,36). The van der Waals surface area contributed by atoms with Crippen molar-refractivity contribution in [2.75, 3.05) is 0 Å². The molecule has 0 saturated heterocycles. The number of H-pyrrole nitrogens is 1. The maximum Gasteiger partial charge on any atom is 0.328 e. The molecule has 1 fully saturated rings. The zero-order valence-corrected chi connectivity index (χ0v) is 23.4. The molecule has 0 spiro atoms. The molecule has 3 aromatic heterocycles. The van der Waals surface area contributed by atoms with Crippen molar-refractivity contribution in [1.29, 1.82) is 0 Å². The van der Waals surface area contributed by atoms with Crippen molar-refractivity contribution < 1.29 is 0 Å². The molecule has 1 N–H and O–H groups in total. The van der Waals surface area contributed by atoms with Crippen LogP contribution in [-0.2, 0) is 13.0 Å². The number of aromatic nitrogens is 7. The number of benzene rings is 1. The van der Waals surface area contributed by atoms with Crippen LogP contribution in [0, 0.1) is 5.92 Å². The van der Waals surface area contributed by atoms with Crippen molar-refractivity contribution in [2.24, 2.45) is 5.92 Å². The van der Waals surface area contributed by atoms with Gasteiger partial charge in [-0.05, 0) is 71.2 Å². The Bertz CT molecular complexity index is 1370. The van der Waals surface area contributed by atoms with Crippen LogP contribution in [0.5, 0.6) is 0 Å². The minimum Gasteiger partial charge on any atom is -0.296 e. The predicted octanol–water partition coefficient (Wildman–Crippen LogP) is 6.59. The Morgan fingerprint density at radius 2 is 1.77 bits per heavy atom. The van der Waals surface area contributed by atoms with Gasteiger partial charge in [-0.15, -0.1) is 5.10 Å². The molecule has 8 heteroatoms. The zero-order valence-electron chi connectivity index (χ0n) is 23.4. The number of imidazole rings is 1. The third-order valence-electron chi connectivity index (χ3n) is 8.31. The smallest absolute Gasteiger partial charge is 0.296 e. The van der Waals surface area contributed by atoms with Crippen molar-refractivity contribution in [3.8, 4) is 22.5 Å². The van der Waals surface area contributed by atoms with E-state index in [4.69, 9.17) is 0 Å². The van der Waals surface area contributed by atoms with Gasteiger partial charge in [-0.25, -0.2) is 9.89 Å². The van der Waals surface area contributed by atoms with E-state index in [1.807, 2.05) is 35.2 Å². The first kappa shape index (κ1) is 27.0. The maximum atomic E-state index is 14.1. The summed E-state index contributed by atoms with van der Waals surface area (Å²) in [4.78, 5) is 18.6. The molecular weight excluding hydrogens is 486 g/mol. The van der Waals surface area contributed by atoms with Crippen molar-refractivity contribution in [2.45, 2.75) is 97.1 Å².